The summed E-state index contributed by atoms with van der Waals surface area (Å²) in [7, 11) is 0. The van der Waals surface area contributed by atoms with Gasteiger partial charge in [0, 0.05) is 10.7 Å². The van der Waals surface area contributed by atoms with Gasteiger partial charge in [0.25, 0.3) is 0 Å². The molecule has 2 amide bonds. The number of carbonyl (C=O) groups is 1. The van der Waals surface area contributed by atoms with Crippen LogP contribution < -0.4 is 10.6 Å². The second-order valence-corrected chi connectivity index (χ2v) is 4.93. The molecule has 0 aliphatic carbocycles. The van der Waals surface area contributed by atoms with Crippen LogP contribution in [0.3, 0.4) is 0 Å². The van der Waals surface area contributed by atoms with Gasteiger partial charge >= 0.3 is 6.03 Å². The topological polar surface area (TPSA) is 66.9 Å². The Hall–Kier alpha value is -1.85. The predicted octanol–water partition coefficient (Wildman–Crippen LogP) is 3.41. The van der Waals surface area contributed by atoms with E-state index < -0.39 is 0 Å². The Labute approximate surface area is 126 Å². The molecule has 1 aromatic heterocycles. The van der Waals surface area contributed by atoms with Crippen LogP contribution in [0.5, 0.6) is 0 Å². The quantitative estimate of drug-likeness (QED) is 0.913. The van der Waals surface area contributed by atoms with Gasteiger partial charge in [0.2, 0.25) is 0 Å². The summed E-state index contributed by atoms with van der Waals surface area (Å²) in [5.41, 5.74) is 2.02. The molecule has 0 fully saturated rings. The fourth-order valence-electron chi connectivity index (χ4n) is 1.54. The number of hydrogen-bond acceptors (Lipinski definition) is 3. The lowest BCUT2D eigenvalue weighted by atomic mass is 10.3. The van der Waals surface area contributed by atoms with E-state index in [9.17, 15) is 4.79 Å². The van der Waals surface area contributed by atoms with Crippen molar-refractivity contribution in [3.63, 3.8) is 0 Å². The minimum absolute atomic E-state index is 0.299. The predicted molar refractivity (Wildman–Crippen MR) is 79.1 cm³/mol. The fourth-order valence-corrected chi connectivity index (χ4v) is 1.87. The van der Waals surface area contributed by atoms with E-state index in [1.807, 2.05) is 6.92 Å². The Balaban J connectivity index is 1.94. The second-order valence-electron chi connectivity index (χ2n) is 4.08. The van der Waals surface area contributed by atoms with Crippen LogP contribution in [0.4, 0.5) is 10.5 Å². The van der Waals surface area contributed by atoms with Gasteiger partial charge in [-0.2, -0.15) is 0 Å². The maximum Gasteiger partial charge on any atom is 0.319 e. The Bertz CT molecular complexity index is 634. The van der Waals surface area contributed by atoms with Crippen LogP contribution in [0.15, 0.2) is 30.6 Å². The Morgan fingerprint density at radius 3 is 2.80 bits per heavy atom. The molecule has 0 bridgehead atoms. The number of nitrogens with zero attached hydrogens (tertiary/aromatic N) is 2. The molecule has 0 saturated carbocycles. The van der Waals surface area contributed by atoms with E-state index >= 15 is 0 Å². The number of nitrogens with one attached hydrogen (secondary N) is 2. The summed E-state index contributed by atoms with van der Waals surface area (Å²) in [5.74, 6) is 0. The number of halogens is 2. The van der Waals surface area contributed by atoms with Crippen molar-refractivity contribution in [2.45, 2.75) is 13.5 Å². The zero-order chi connectivity index (χ0) is 14.5. The number of carbonyl (C=O) groups excluding carboxylic acids is 1. The molecule has 2 N–H and O–H groups in total. The van der Waals surface area contributed by atoms with Crippen LogP contribution in [0.1, 0.15) is 11.4 Å². The van der Waals surface area contributed by atoms with Crippen molar-refractivity contribution in [1.82, 2.24) is 15.3 Å². The van der Waals surface area contributed by atoms with Crippen molar-refractivity contribution in [2.24, 2.45) is 0 Å². The lowest BCUT2D eigenvalue weighted by Gasteiger charge is -2.09. The van der Waals surface area contributed by atoms with Gasteiger partial charge in [0.15, 0.2) is 0 Å². The summed E-state index contributed by atoms with van der Waals surface area (Å²) in [6.07, 6.45) is 1.46. The number of benzene rings is 1. The first-order chi connectivity index (χ1) is 9.54. The van der Waals surface area contributed by atoms with E-state index in [2.05, 4.69) is 20.6 Å². The summed E-state index contributed by atoms with van der Waals surface area (Å²) < 4.78 is 0. The molecule has 0 atom stereocenters. The highest BCUT2D eigenvalue weighted by molar-refractivity contribution is 6.35. The molecule has 0 unspecified atom stereocenters. The number of aromatic nitrogens is 2. The van der Waals surface area contributed by atoms with E-state index in [1.165, 1.54) is 6.33 Å². The monoisotopic (exact) mass is 310 g/mol. The van der Waals surface area contributed by atoms with Gasteiger partial charge in [-0.3, -0.25) is 0 Å². The van der Waals surface area contributed by atoms with Crippen molar-refractivity contribution < 1.29 is 4.79 Å². The average molecular weight is 311 g/mol. The van der Waals surface area contributed by atoms with Crippen LogP contribution >= 0.6 is 23.2 Å². The molecule has 1 aromatic carbocycles. The van der Waals surface area contributed by atoms with Gasteiger partial charge in [-0.1, -0.05) is 23.2 Å². The van der Waals surface area contributed by atoms with Crippen molar-refractivity contribution in [2.75, 3.05) is 5.32 Å². The first-order valence-corrected chi connectivity index (χ1v) is 6.57. The molecule has 0 spiro atoms. The molecular formula is C13H12Cl2N4O. The lowest BCUT2D eigenvalue weighted by molar-refractivity contribution is 0.251. The normalized spacial score (nSPS) is 10.2. The second kappa shape index (κ2) is 6.54. The molecule has 0 aliphatic heterocycles. The van der Waals surface area contributed by atoms with Gasteiger partial charge in [0.1, 0.15) is 6.33 Å². The van der Waals surface area contributed by atoms with E-state index in [0.29, 0.717) is 22.3 Å². The molecule has 104 valence electrons. The Morgan fingerprint density at radius 2 is 2.05 bits per heavy atom. The smallest absolute Gasteiger partial charge is 0.319 e. The highest BCUT2D eigenvalue weighted by Gasteiger charge is 2.06. The third-order valence-electron chi connectivity index (χ3n) is 2.47. The first kappa shape index (κ1) is 14.6. The lowest BCUT2D eigenvalue weighted by Crippen LogP contribution is -2.28. The molecule has 2 rings (SSSR count). The van der Waals surface area contributed by atoms with Crippen LogP contribution in [0.2, 0.25) is 10.0 Å². The maximum atomic E-state index is 11.8. The van der Waals surface area contributed by atoms with Gasteiger partial charge < -0.3 is 10.6 Å². The number of hydrogen-bond donors (Lipinski definition) is 2. The third-order valence-corrected chi connectivity index (χ3v) is 3.03. The van der Waals surface area contributed by atoms with Crippen LogP contribution in [-0.4, -0.2) is 16.0 Å². The maximum absolute atomic E-state index is 11.8. The number of urea groups is 1. The molecule has 1 heterocycles. The van der Waals surface area contributed by atoms with Crippen LogP contribution in [0.25, 0.3) is 0 Å². The van der Waals surface area contributed by atoms with Crippen LogP contribution in [0, 0.1) is 6.92 Å². The van der Waals surface area contributed by atoms with E-state index in [-0.39, 0.29) is 6.03 Å². The summed E-state index contributed by atoms with van der Waals surface area (Å²) in [5, 5.41) is 6.22. The molecule has 0 radical (unpaired) electrons. The molecular weight excluding hydrogens is 299 g/mol. The SMILES string of the molecule is Cc1cc(CNC(=O)Nc2cc(Cl)ccc2Cl)ncn1. The van der Waals surface area contributed by atoms with Gasteiger partial charge in [-0.05, 0) is 31.2 Å². The Kier molecular flexibility index (Phi) is 4.76. The minimum atomic E-state index is -0.384. The highest BCUT2D eigenvalue weighted by Crippen LogP contribution is 2.25. The molecule has 20 heavy (non-hydrogen) atoms. The van der Waals surface area contributed by atoms with Crippen molar-refractivity contribution in [3.05, 3.63) is 52.0 Å². The van der Waals surface area contributed by atoms with Crippen LogP contribution in [-0.2, 0) is 6.54 Å². The standard InChI is InChI=1S/C13H12Cl2N4O/c1-8-4-10(18-7-17-8)6-16-13(20)19-12-5-9(14)2-3-11(12)15/h2-5,7H,6H2,1H3,(H2,16,19,20). The molecule has 7 heteroatoms. The number of amides is 2. The summed E-state index contributed by atoms with van der Waals surface area (Å²) in [4.78, 5) is 19.8. The number of anilines is 1. The Morgan fingerprint density at radius 1 is 1.25 bits per heavy atom. The van der Waals surface area contributed by atoms with Gasteiger partial charge in [0.05, 0.1) is 22.9 Å². The largest absolute Gasteiger partial charge is 0.332 e. The summed E-state index contributed by atoms with van der Waals surface area (Å²) in [6, 6.07) is 6.26. The fraction of sp³-hybridized carbons (Fsp3) is 0.154. The average Bonchev–Trinajstić information content (AvgIpc) is 2.41. The molecule has 0 saturated heterocycles. The minimum Gasteiger partial charge on any atom is -0.332 e. The van der Waals surface area contributed by atoms with Gasteiger partial charge in [-0.25, -0.2) is 14.8 Å². The number of rotatable bonds is 3. The van der Waals surface area contributed by atoms with Crippen molar-refractivity contribution in [1.29, 1.82) is 0 Å². The third kappa shape index (κ3) is 4.08. The van der Waals surface area contributed by atoms with Crippen molar-refractivity contribution in [3.8, 4) is 0 Å². The molecule has 0 aliphatic rings. The van der Waals surface area contributed by atoms with Crippen molar-refractivity contribution >= 4 is 34.9 Å². The zero-order valence-electron chi connectivity index (χ0n) is 10.7. The summed E-state index contributed by atoms with van der Waals surface area (Å²) in [6.45, 7) is 2.16. The zero-order valence-corrected chi connectivity index (χ0v) is 12.2. The van der Waals surface area contributed by atoms with E-state index in [1.54, 1.807) is 24.3 Å². The molecule has 2 aromatic rings. The summed E-state index contributed by atoms with van der Waals surface area (Å²) >= 11 is 11.8. The highest BCUT2D eigenvalue weighted by atomic mass is 35.5. The van der Waals surface area contributed by atoms with E-state index in [0.717, 1.165) is 11.4 Å². The first-order valence-electron chi connectivity index (χ1n) is 5.82. The van der Waals surface area contributed by atoms with E-state index in [4.69, 9.17) is 23.2 Å². The molecule has 5 nitrogen and oxygen atoms in total. The van der Waals surface area contributed by atoms with Gasteiger partial charge in [-0.15, -0.1) is 0 Å². The number of aryl methyl sites for hydroxylation is 1.